The van der Waals surface area contributed by atoms with Crippen LogP contribution in [-0.4, -0.2) is 28.5 Å². The van der Waals surface area contributed by atoms with Crippen molar-refractivity contribution in [1.29, 1.82) is 0 Å². The number of hydrogen-bond acceptors (Lipinski definition) is 4. The van der Waals surface area contributed by atoms with Gasteiger partial charge < -0.3 is 15.7 Å². The van der Waals surface area contributed by atoms with Gasteiger partial charge in [0, 0.05) is 47.2 Å². The van der Waals surface area contributed by atoms with E-state index in [0.29, 0.717) is 38.5 Å². The molecule has 218 valence electrons. The fraction of sp³-hybridized carbons (Fsp3) is 0.167. The zero-order chi connectivity index (χ0) is 30.4. The summed E-state index contributed by atoms with van der Waals surface area (Å²) >= 11 is 12.8. The molecule has 1 aromatic heterocycles. The number of rotatable bonds is 10. The summed E-state index contributed by atoms with van der Waals surface area (Å²) in [4.78, 5) is 26.9. The molecule has 3 N–H and O–H groups in total. The molecular formula is C30H23Cl2F4N3O3. The third-order valence-corrected chi connectivity index (χ3v) is 7.09. The van der Waals surface area contributed by atoms with Gasteiger partial charge >= 0.3 is 12.1 Å². The van der Waals surface area contributed by atoms with Gasteiger partial charge in [-0.25, -0.2) is 4.39 Å². The van der Waals surface area contributed by atoms with Crippen molar-refractivity contribution in [3.8, 4) is 22.3 Å². The van der Waals surface area contributed by atoms with Gasteiger partial charge in [-0.1, -0.05) is 59.6 Å². The number of alkyl halides is 4. The topological polar surface area (TPSA) is 91.3 Å². The summed E-state index contributed by atoms with van der Waals surface area (Å²) in [5.74, 6) is -1.68. The Morgan fingerprint density at radius 3 is 2.33 bits per heavy atom. The van der Waals surface area contributed by atoms with Crippen molar-refractivity contribution >= 4 is 40.8 Å². The van der Waals surface area contributed by atoms with Crippen molar-refractivity contribution in [2.24, 2.45) is 0 Å². The first kappa shape index (κ1) is 30.8. The number of amides is 1. The van der Waals surface area contributed by atoms with Crippen molar-refractivity contribution in [2.45, 2.75) is 25.8 Å². The molecule has 1 amide bonds. The van der Waals surface area contributed by atoms with E-state index in [9.17, 15) is 27.2 Å². The second-order valence-corrected chi connectivity index (χ2v) is 9.95. The van der Waals surface area contributed by atoms with Crippen LogP contribution in [-0.2, 0) is 24.2 Å². The highest BCUT2D eigenvalue weighted by molar-refractivity contribution is 6.37. The van der Waals surface area contributed by atoms with Gasteiger partial charge in [0.05, 0.1) is 22.0 Å². The van der Waals surface area contributed by atoms with Crippen molar-refractivity contribution in [1.82, 2.24) is 10.3 Å². The van der Waals surface area contributed by atoms with Gasteiger partial charge in [-0.15, -0.1) is 0 Å². The molecule has 0 aliphatic heterocycles. The first-order chi connectivity index (χ1) is 20.0. The normalized spacial score (nSPS) is 11.3. The highest BCUT2D eigenvalue weighted by atomic mass is 35.5. The number of carbonyl (C=O) groups excluding carboxylic acids is 1. The van der Waals surface area contributed by atoms with Crippen LogP contribution in [0.15, 0.2) is 72.9 Å². The molecule has 12 heteroatoms. The third-order valence-electron chi connectivity index (χ3n) is 6.33. The SMILES string of the molecule is O=C(O)CCNC(=O)c1ccc(-c2cc(C(F)(F)F)ccc2CNc2ccc(-c3cccc(CF)c3Cl)c(Cl)c2)cn1. The van der Waals surface area contributed by atoms with Crippen LogP contribution in [0.2, 0.25) is 10.0 Å². The second-order valence-electron chi connectivity index (χ2n) is 9.16. The Hall–Kier alpha value is -4.15. The van der Waals surface area contributed by atoms with Crippen LogP contribution in [0.3, 0.4) is 0 Å². The summed E-state index contributed by atoms with van der Waals surface area (Å²) in [5.41, 5.74) is 2.33. The lowest BCUT2D eigenvalue weighted by Gasteiger charge is -2.16. The lowest BCUT2D eigenvalue weighted by atomic mass is 9.97. The van der Waals surface area contributed by atoms with Crippen molar-refractivity contribution in [2.75, 3.05) is 11.9 Å². The van der Waals surface area contributed by atoms with Crippen LogP contribution in [0.4, 0.5) is 23.2 Å². The molecule has 1 heterocycles. The molecule has 0 saturated heterocycles. The van der Waals surface area contributed by atoms with Crippen LogP contribution in [0.25, 0.3) is 22.3 Å². The Kier molecular flexibility index (Phi) is 9.70. The first-order valence-corrected chi connectivity index (χ1v) is 13.3. The predicted octanol–water partition coefficient (Wildman–Crippen LogP) is 8.03. The standard InChI is InChI=1S/C30H23Cl2F4N3O3/c31-25-13-21(7-8-22(25)23-3-1-2-17(14-33)28(23)32)38-15-18-4-6-20(30(34,35)36)12-24(18)19-5-9-26(39-16-19)29(42)37-11-10-27(40)41/h1-9,12-13,16,38H,10-11,14-15H2,(H,37,42)(H,40,41). The maximum Gasteiger partial charge on any atom is 0.416 e. The van der Waals surface area contributed by atoms with E-state index in [4.69, 9.17) is 28.3 Å². The summed E-state index contributed by atoms with van der Waals surface area (Å²) < 4.78 is 53.9. The van der Waals surface area contributed by atoms with E-state index in [1.807, 2.05) is 0 Å². The molecule has 3 aromatic carbocycles. The summed E-state index contributed by atoms with van der Waals surface area (Å²) in [5, 5.41) is 14.9. The van der Waals surface area contributed by atoms with Crippen LogP contribution in [0.1, 0.15) is 33.6 Å². The van der Waals surface area contributed by atoms with E-state index in [2.05, 4.69) is 15.6 Å². The van der Waals surface area contributed by atoms with Gasteiger partial charge in [0.1, 0.15) is 12.4 Å². The van der Waals surface area contributed by atoms with Gasteiger partial charge in [0.15, 0.2) is 0 Å². The highest BCUT2D eigenvalue weighted by Gasteiger charge is 2.31. The number of carboxylic acid groups (broad SMARTS) is 1. The molecule has 0 saturated carbocycles. The first-order valence-electron chi connectivity index (χ1n) is 12.5. The number of carbonyl (C=O) groups is 2. The minimum atomic E-state index is -4.58. The largest absolute Gasteiger partial charge is 0.481 e. The molecule has 0 aliphatic rings. The molecule has 0 atom stereocenters. The van der Waals surface area contributed by atoms with E-state index in [1.54, 1.807) is 36.4 Å². The molecule has 0 unspecified atom stereocenters. The molecule has 0 aliphatic carbocycles. The fourth-order valence-electron chi connectivity index (χ4n) is 4.17. The highest BCUT2D eigenvalue weighted by Crippen LogP contribution is 2.38. The molecule has 42 heavy (non-hydrogen) atoms. The van der Waals surface area contributed by atoms with Crippen LogP contribution >= 0.6 is 23.2 Å². The fourth-order valence-corrected chi connectivity index (χ4v) is 4.73. The number of halogens is 6. The molecule has 4 aromatic rings. The summed E-state index contributed by atoms with van der Waals surface area (Å²) in [6.07, 6.45) is -3.56. The number of benzene rings is 3. The molecule has 6 nitrogen and oxygen atoms in total. The van der Waals surface area contributed by atoms with Crippen LogP contribution in [0, 0.1) is 0 Å². The Labute approximate surface area is 248 Å². The Balaban J connectivity index is 1.57. The monoisotopic (exact) mass is 619 g/mol. The Morgan fingerprint density at radius 2 is 1.69 bits per heavy atom. The van der Waals surface area contributed by atoms with E-state index in [1.165, 1.54) is 24.4 Å². The smallest absolute Gasteiger partial charge is 0.416 e. The van der Waals surface area contributed by atoms with Crippen LogP contribution < -0.4 is 10.6 Å². The molecule has 4 rings (SSSR count). The lowest BCUT2D eigenvalue weighted by molar-refractivity contribution is -0.138. The number of pyridine rings is 1. The van der Waals surface area contributed by atoms with E-state index in [-0.39, 0.29) is 35.8 Å². The number of nitrogens with zero attached hydrogens (tertiary/aromatic N) is 1. The zero-order valence-corrected chi connectivity index (χ0v) is 23.2. The van der Waals surface area contributed by atoms with Crippen molar-refractivity contribution in [3.63, 3.8) is 0 Å². The van der Waals surface area contributed by atoms with E-state index in [0.717, 1.165) is 12.1 Å². The van der Waals surface area contributed by atoms with Gasteiger partial charge in [0.25, 0.3) is 5.91 Å². The summed E-state index contributed by atoms with van der Waals surface area (Å²) in [6, 6.07) is 16.2. The lowest BCUT2D eigenvalue weighted by Crippen LogP contribution is -2.26. The molecule has 0 spiro atoms. The van der Waals surface area contributed by atoms with Gasteiger partial charge in [-0.2, -0.15) is 13.2 Å². The number of nitrogens with one attached hydrogen (secondary N) is 2. The molecular weight excluding hydrogens is 597 g/mol. The minimum Gasteiger partial charge on any atom is -0.481 e. The van der Waals surface area contributed by atoms with E-state index >= 15 is 0 Å². The number of aliphatic carboxylic acids is 1. The molecule has 0 bridgehead atoms. The maximum atomic E-state index is 13.5. The Morgan fingerprint density at radius 1 is 0.905 bits per heavy atom. The Bertz CT molecular complexity index is 1610. The maximum absolute atomic E-state index is 13.5. The second kappa shape index (κ2) is 13.2. The average Bonchev–Trinajstić information content (AvgIpc) is 2.96. The zero-order valence-electron chi connectivity index (χ0n) is 21.7. The number of carboxylic acids is 1. The summed E-state index contributed by atoms with van der Waals surface area (Å²) in [7, 11) is 0. The van der Waals surface area contributed by atoms with Gasteiger partial charge in [-0.05, 0) is 41.5 Å². The number of aromatic nitrogens is 1. The average molecular weight is 620 g/mol. The summed E-state index contributed by atoms with van der Waals surface area (Å²) in [6.45, 7) is -0.695. The van der Waals surface area contributed by atoms with Crippen molar-refractivity contribution < 1.29 is 32.3 Å². The van der Waals surface area contributed by atoms with Gasteiger partial charge in [-0.3, -0.25) is 14.6 Å². The number of anilines is 1. The van der Waals surface area contributed by atoms with Crippen LogP contribution in [0.5, 0.6) is 0 Å². The van der Waals surface area contributed by atoms with E-state index < -0.39 is 30.3 Å². The molecule has 0 radical (unpaired) electrons. The van der Waals surface area contributed by atoms with Crippen molar-refractivity contribution in [3.05, 3.63) is 105 Å². The molecule has 0 fully saturated rings. The third kappa shape index (κ3) is 7.37. The predicted molar refractivity (Wildman–Crippen MR) is 153 cm³/mol. The number of hydrogen-bond donors (Lipinski definition) is 3. The minimum absolute atomic E-state index is 0.0114. The quantitative estimate of drug-likeness (QED) is 0.156. The van der Waals surface area contributed by atoms with Gasteiger partial charge in [0.2, 0.25) is 0 Å².